The third-order valence-electron chi connectivity index (χ3n) is 9.29. The van der Waals surface area contributed by atoms with Crippen molar-refractivity contribution < 1.29 is 0 Å². The summed E-state index contributed by atoms with van der Waals surface area (Å²) in [5.74, 6) is 0. The van der Waals surface area contributed by atoms with Crippen molar-refractivity contribution in [1.82, 2.24) is 0 Å². The molecule has 0 aliphatic carbocycles. The molecule has 0 spiro atoms. The van der Waals surface area contributed by atoms with Crippen LogP contribution in [0.2, 0.25) is 0 Å². The van der Waals surface area contributed by atoms with Gasteiger partial charge in [-0.25, -0.2) is 0 Å². The van der Waals surface area contributed by atoms with E-state index in [-0.39, 0.29) is 0 Å². The van der Waals surface area contributed by atoms with E-state index in [9.17, 15) is 0 Å². The van der Waals surface area contributed by atoms with E-state index < -0.39 is 0 Å². The van der Waals surface area contributed by atoms with E-state index in [0.29, 0.717) is 0 Å². The Morgan fingerprint density at radius 2 is 0.884 bits per heavy atom. The standard InChI is InChI=1S/C41H54Br2/c1-6-9-12-15-18-21-34-37-27-39(42)29(4)22-35(37)36-23-30(5)40(43)28-38(36)41(34)33-25-31(19-16-13-10-7-2)24-32(26-33)20-17-14-11-8-3/h22-28H,6-21H2,1-5H3. The quantitative estimate of drug-likeness (QED) is 0.0757. The fourth-order valence-electron chi connectivity index (χ4n) is 6.76. The maximum absolute atomic E-state index is 3.94. The van der Waals surface area contributed by atoms with Gasteiger partial charge in [-0.1, -0.05) is 135 Å². The maximum Gasteiger partial charge on any atom is 0.0211 e. The highest BCUT2D eigenvalue weighted by molar-refractivity contribution is 9.10. The highest BCUT2D eigenvalue weighted by Gasteiger charge is 2.19. The minimum Gasteiger partial charge on any atom is -0.0654 e. The Bertz CT molecular complexity index is 1470. The van der Waals surface area contributed by atoms with Gasteiger partial charge in [-0.05, 0) is 137 Å². The summed E-state index contributed by atoms with van der Waals surface area (Å²) >= 11 is 7.86. The molecule has 4 rings (SSSR count). The minimum absolute atomic E-state index is 1.12. The van der Waals surface area contributed by atoms with Gasteiger partial charge in [0.2, 0.25) is 0 Å². The zero-order valence-corrected chi connectivity index (χ0v) is 30.8. The second kappa shape index (κ2) is 17.2. The summed E-state index contributed by atoms with van der Waals surface area (Å²) in [7, 11) is 0. The van der Waals surface area contributed by atoms with Gasteiger partial charge >= 0.3 is 0 Å². The van der Waals surface area contributed by atoms with Crippen LogP contribution in [0.15, 0.2) is 51.4 Å². The molecule has 2 heteroatoms. The van der Waals surface area contributed by atoms with E-state index in [1.54, 1.807) is 0 Å². The average molecular weight is 707 g/mol. The van der Waals surface area contributed by atoms with Crippen molar-refractivity contribution >= 4 is 53.4 Å². The lowest BCUT2D eigenvalue weighted by molar-refractivity contribution is 0.633. The van der Waals surface area contributed by atoms with Crippen LogP contribution >= 0.6 is 31.9 Å². The molecule has 4 aromatic rings. The predicted molar refractivity (Wildman–Crippen MR) is 200 cm³/mol. The van der Waals surface area contributed by atoms with Crippen LogP contribution in [0, 0.1) is 13.8 Å². The molecule has 0 saturated heterocycles. The lowest BCUT2D eigenvalue weighted by atomic mass is 9.83. The van der Waals surface area contributed by atoms with Crippen LogP contribution in [-0.2, 0) is 19.3 Å². The van der Waals surface area contributed by atoms with Gasteiger partial charge in [-0.3, -0.25) is 0 Å². The number of unbranched alkanes of at least 4 members (excludes halogenated alkanes) is 10. The summed E-state index contributed by atoms with van der Waals surface area (Å²) in [6.07, 6.45) is 20.5. The van der Waals surface area contributed by atoms with Crippen LogP contribution in [0.4, 0.5) is 0 Å². The summed E-state index contributed by atoms with van der Waals surface area (Å²) in [5, 5.41) is 5.60. The Morgan fingerprint density at radius 3 is 1.42 bits per heavy atom. The second-order valence-corrected chi connectivity index (χ2v) is 14.7. The second-order valence-electron chi connectivity index (χ2n) is 13.0. The van der Waals surface area contributed by atoms with Gasteiger partial charge in [0.1, 0.15) is 0 Å². The molecular formula is C41H54Br2. The molecule has 0 aromatic heterocycles. The highest BCUT2D eigenvalue weighted by Crippen LogP contribution is 2.44. The molecule has 0 heterocycles. The van der Waals surface area contributed by atoms with E-state index in [2.05, 4.69) is 109 Å². The topological polar surface area (TPSA) is 0 Å². The van der Waals surface area contributed by atoms with Crippen molar-refractivity contribution in [1.29, 1.82) is 0 Å². The number of hydrogen-bond donors (Lipinski definition) is 0. The molecule has 232 valence electrons. The number of fused-ring (bicyclic) bond motifs is 3. The van der Waals surface area contributed by atoms with Crippen LogP contribution in [-0.4, -0.2) is 0 Å². The van der Waals surface area contributed by atoms with Gasteiger partial charge in [-0.2, -0.15) is 0 Å². The molecule has 0 amide bonds. The molecule has 0 atom stereocenters. The predicted octanol–water partition coefficient (Wildman–Crippen LogP) is 14.6. The number of rotatable bonds is 17. The average Bonchev–Trinajstić information content (AvgIpc) is 2.99. The molecular weight excluding hydrogens is 652 g/mol. The van der Waals surface area contributed by atoms with Crippen molar-refractivity contribution in [3.05, 3.63) is 79.2 Å². The smallest absolute Gasteiger partial charge is 0.0211 e. The number of aryl methyl sites for hydroxylation is 5. The molecule has 0 aliphatic rings. The van der Waals surface area contributed by atoms with Crippen molar-refractivity contribution in [3.8, 4) is 11.1 Å². The van der Waals surface area contributed by atoms with Gasteiger partial charge in [0, 0.05) is 8.95 Å². The number of halogens is 2. The molecule has 0 bridgehead atoms. The zero-order valence-electron chi connectivity index (χ0n) is 27.6. The van der Waals surface area contributed by atoms with Crippen LogP contribution in [0.1, 0.15) is 132 Å². The van der Waals surface area contributed by atoms with Gasteiger partial charge in [0.25, 0.3) is 0 Å². The third-order valence-corrected chi connectivity index (χ3v) is 11.0. The first kappa shape index (κ1) is 34.2. The normalized spacial score (nSPS) is 11.7. The monoisotopic (exact) mass is 704 g/mol. The Balaban J connectivity index is 1.95. The van der Waals surface area contributed by atoms with E-state index >= 15 is 0 Å². The SMILES string of the molecule is CCCCCCCc1c(-c2cc(CCCCCC)cc(CCCCCC)c2)c2cc(Br)c(C)cc2c2cc(C)c(Br)cc12. The van der Waals surface area contributed by atoms with Gasteiger partial charge in [-0.15, -0.1) is 0 Å². The molecule has 0 unspecified atom stereocenters. The van der Waals surface area contributed by atoms with Gasteiger partial charge in [0.15, 0.2) is 0 Å². The van der Waals surface area contributed by atoms with Crippen LogP contribution in [0.3, 0.4) is 0 Å². The molecule has 0 saturated carbocycles. The summed E-state index contributed by atoms with van der Waals surface area (Å²) in [6, 6.07) is 17.3. The van der Waals surface area contributed by atoms with Crippen LogP contribution in [0.25, 0.3) is 32.7 Å². The van der Waals surface area contributed by atoms with E-state index in [4.69, 9.17) is 0 Å². The minimum atomic E-state index is 1.12. The first-order valence-corrected chi connectivity index (χ1v) is 18.9. The number of hydrogen-bond acceptors (Lipinski definition) is 0. The van der Waals surface area contributed by atoms with Crippen LogP contribution < -0.4 is 0 Å². The lowest BCUT2D eigenvalue weighted by Gasteiger charge is -2.21. The summed E-state index contributed by atoms with van der Waals surface area (Å²) in [4.78, 5) is 0. The Morgan fingerprint density at radius 1 is 0.442 bits per heavy atom. The molecule has 0 N–H and O–H groups in total. The maximum atomic E-state index is 3.94. The molecule has 0 nitrogen and oxygen atoms in total. The van der Waals surface area contributed by atoms with Gasteiger partial charge in [0.05, 0.1) is 0 Å². The summed E-state index contributed by atoms with van der Waals surface area (Å²) < 4.78 is 2.42. The Hall–Kier alpha value is -1.64. The molecule has 4 aromatic carbocycles. The fraction of sp³-hybridized carbons (Fsp3) is 0.512. The highest BCUT2D eigenvalue weighted by atomic mass is 79.9. The first-order valence-electron chi connectivity index (χ1n) is 17.4. The van der Waals surface area contributed by atoms with Crippen molar-refractivity contribution in [2.75, 3.05) is 0 Å². The van der Waals surface area contributed by atoms with E-state index in [1.807, 2.05) is 0 Å². The number of benzene rings is 4. The van der Waals surface area contributed by atoms with Crippen molar-refractivity contribution in [2.24, 2.45) is 0 Å². The molecule has 0 fully saturated rings. The van der Waals surface area contributed by atoms with Crippen molar-refractivity contribution in [2.45, 2.75) is 137 Å². The largest absolute Gasteiger partial charge is 0.0654 e. The lowest BCUT2D eigenvalue weighted by Crippen LogP contribution is -2.00. The molecule has 0 radical (unpaired) electrons. The third kappa shape index (κ3) is 8.97. The van der Waals surface area contributed by atoms with E-state index in [0.717, 1.165) is 6.42 Å². The van der Waals surface area contributed by atoms with Crippen molar-refractivity contribution in [3.63, 3.8) is 0 Å². The van der Waals surface area contributed by atoms with Gasteiger partial charge < -0.3 is 0 Å². The zero-order chi connectivity index (χ0) is 30.8. The molecule has 0 aliphatic heterocycles. The summed E-state index contributed by atoms with van der Waals surface area (Å²) in [6.45, 7) is 11.4. The van der Waals surface area contributed by atoms with Crippen LogP contribution in [0.5, 0.6) is 0 Å². The first-order chi connectivity index (χ1) is 20.9. The van der Waals surface area contributed by atoms with E-state index in [1.165, 1.54) is 166 Å². The summed E-state index contributed by atoms with van der Waals surface area (Å²) in [5.41, 5.74) is 10.1. The Kier molecular flexibility index (Phi) is 13.7. The Labute approximate surface area is 279 Å². The fourth-order valence-corrected chi connectivity index (χ4v) is 7.45. The molecule has 43 heavy (non-hydrogen) atoms.